The maximum Gasteiger partial charge on any atom is 0.221 e. The van der Waals surface area contributed by atoms with Crippen LogP contribution in [0.25, 0.3) is 0 Å². The lowest BCUT2D eigenvalue weighted by molar-refractivity contribution is -0.160. The second-order valence-corrected chi connectivity index (χ2v) is 8.45. The SMILES string of the molecule is C[C@@]12CCC[C@H]1[C@@H]1CC(=O)C3C=CC(=O)C(=O)[C@]3(C)[C@H]1CC2. The van der Waals surface area contributed by atoms with Crippen LogP contribution in [0.2, 0.25) is 0 Å². The third-order valence-corrected chi connectivity index (χ3v) is 7.57. The molecule has 0 aromatic rings. The van der Waals surface area contributed by atoms with Crippen LogP contribution in [0, 0.1) is 34.5 Å². The van der Waals surface area contributed by atoms with Crippen molar-refractivity contribution < 1.29 is 14.4 Å². The summed E-state index contributed by atoms with van der Waals surface area (Å²) in [6, 6.07) is 0. The van der Waals surface area contributed by atoms with Crippen LogP contribution in [0.5, 0.6) is 0 Å². The first-order valence-corrected chi connectivity index (χ1v) is 8.67. The highest BCUT2D eigenvalue weighted by atomic mass is 16.2. The van der Waals surface area contributed by atoms with Gasteiger partial charge in [-0.15, -0.1) is 0 Å². The summed E-state index contributed by atoms with van der Waals surface area (Å²) in [6.07, 6.45) is 9.46. The average molecular weight is 300 g/mol. The minimum atomic E-state index is -0.782. The average Bonchev–Trinajstić information content (AvgIpc) is 2.86. The summed E-state index contributed by atoms with van der Waals surface area (Å²) in [7, 11) is 0. The summed E-state index contributed by atoms with van der Waals surface area (Å²) >= 11 is 0. The molecule has 6 atom stereocenters. The zero-order valence-electron chi connectivity index (χ0n) is 13.4. The van der Waals surface area contributed by atoms with Crippen molar-refractivity contribution in [2.45, 2.75) is 52.4 Å². The van der Waals surface area contributed by atoms with Gasteiger partial charge in [0.2, 0.25) is 11.6 Å². The van der Waals surface area contributed by atoms with Crippen molar-refractivity contribution in [2.75, 3.05) is 0 Å². The van der Waals surface area contributed by atoms with E-state index in [9.17, 15) is 14.4 Å². The topological polar surface area (TPSA) is 51.2 Å². The number of hydrogen-bond donors (Lipinski definition) is 0. The van der Waals surface area contributed by atoms with Crippen molar-refractivity contribution in [3.63, 3.8) is 0 Å². The first-order valence-electron chi connectivity index (χ1n) is 8.67. The second kappa shape index (κ2) is 4.39. The van der Waals surface area contributed by atoms with E-state index in [4.69, 9.17) is 0 Å². The van der Waals surface area contributed by atoms with Gasteiger partial charge in [-0.1, -0.05) is 26.3 Å². The van der Waals surface area contributed by atoms with Crippen LogP contribution in [0.1, 0.15) is 52.4 Å². The molecule has 0 heterocycles. The molecule has 0 bridgehead atoms. The van der Waals surface area contributed by atoms with Crippen LogP contribution in [0.3, 0.4) is 0 Å². The van der Waals surface area contributed by atoms with Gasteiger partial charge < -0.3 is 0 Å². The molecule has 0 amide bonds. The number of ketones is 3. The van der Waals surface area contributed by atoms with Crippen LogP contribution in [-0.2, 0) is 14.4 Å². The van der Waals surface area contributed by atoms with Gasteiger partial charge in [0.25, 0.3) is 0 Å². The lowest BCUT2D eigenvalue weighted by atomic mass is 9.45. The lowest BCUT2D eigenvalue weighted by Gasteiger charge is -2.56. The Morgan fingerprint density at radius 1 is 1.05 bits per heavy atom. The van der Waals surface area contributed by atoms with Gasteiger partial charge in [-0.25, -0.2) is 0 Å². The van der Waals surface area contributed by atoms with Crippen molar-refractivity contribution in [1.29, 1.82) is 0 Å². The molecule has 3 nitrogen and oxygen atoms in total. The molecule has 0 spiro atoms. The highest BCUT2D eigenvalue weighted by molar-refractivity contribution is 6.44. The number of rotatable bonds is 0. The van der Waals surface area contributed by atoms with Gasteiger partial charge in [-0.3, -0.25) is 14.4 Å². The van der Waals surface area contributed by atoms with E-state index in [1.165, 1.54) is 25.3 Å². The Morgan fingerprint density at radius 2 is 1.82 bits per heavy atom. The molecule has 0 saturated heterocycles. The molecule has 0 aliphatic heterocycles. The number of hydrogen-bond acceptors (Lipinski definition) is 3. The number of Topliss-reactive ketones (excluding diaryl/α,β-unsaturated/α-hetero) is 2. The Morgan fingerprint density at radius 3 is 2.59 bits per heavy atom. The molecule has 0 N–H and O–H groups in total. The summed E-state index contributed by atoms with van der Waals surface area (Å²) in [5.74, 6) is 0.145. The molecule has 0 aromatic heterocycles. The van der Waals surface area contributed by atoms with E-state index in [0.717, 1.165) is 12.8 Å². The molecule has 3 saturated carbocycles. The number of carbonyl (C=O) groups excluding carboxylic acids is 3. The molecule has 3 fully saturated rings. The van der Waals surface area contributed by atoms with E-state index in [1.807, 2.05) is 6.92 Å². The summed E-state index contributed by atoms with van der Waals surface area (Å²) < 4.78 is 0. The fourth-order valence-corrected chi connectivity index (χ4v) is 6.38. The van der Waals surface area contributed by atoms with Crippen LogP contribution in [0.15, 0.2) is 12.2 Å². The molecule has 22 heavy (non-hydrogen) atoms. The largest absolute Gasteiger partial charge is 0.299 e. The van der Waals surface area contributed by atoms with Crippen molar-refractivity contribution >= 4 is 17.3 Å². The summed E-state index contributed by atoms with van der Waals surface area (Å²) in [4.78, 5) is 37.4. The molecule has 0 radical (unpaired) electrons. The molecule has 0 aromatic carbocycles. The van der Waals surface area contributed by atoms with Crippen molar-refractivity contribution in [3.8, 4) is 0 Å². The summed E-state index contributed by atoms with van der Waals surface area (Å²) in [5.41, 5.74) is -0.433. The first-order chi connectivity index (χ1) is 10.4. The van der Waals surface area contributed by atoms with Crippen LogP contribution in [-0.4, -0.2) is 17.3 Å². The molecular formula is C19H24O3. The lowest BCUT2D eigenvalue weighted by Crippen LogP contribution is -2.59. The summed E-state index contributed by atoms with van der Waals surface area (Å²) in [5, 5.41) is 0. The highest BCUT2D eigenvalue weighted by Gasteiger charge is 2.62. The van der Waals surface area contributed by atoms with Gasteiger partial charge in [-0.2, -0.15) is 0 Å². The monoisotopic (exact) mass is 300 g/mol. The van der Waals surface area contributed by atoms with Crippen LogP contribution < -0.4 is 0 Å². The fraction of sp³-hybridized carbons (Fsp3) is 0.737. The smallest absolute Gasteiger partial charge is 0.221 e. The predicted octanol–water partition coefficient (Wildman–Crippen LogP) is 3.12. The maximum absolute atomic E-state index is 12.7. The number of fused-ring (bicyclic) bond motifs is 5. The zero-order valence-corrected chi connectivity index (χ0v) is 13.4. The standard InChI is InChI=1S/C19H24O3/c1-18-8-3-4-12(18)11-10-16(21)14-5-6-15(20)17(22)19(14,2)13(11)7-9-18/h5-6,11-14H,3-4,7-10H2,1-2H3/t11-,12-,13-,14?,18-,19+/m0/s1. The van der Waals surface area contributed by atoms with Gasteiger partial charge in [0.1, 0.15) is 5.78 Å². The van der Waals surface area contributed by atoms with Gasteiger partial charge in [-0.05, 0) is 54.9 Å². The van der Waals surface area contributed by atoms with Crippen LogP contribution >= 0.6 is 0 Å². The highest BCUT2D eigenvalue weighted by Crippen LogP contribution is 2.63. The van der Waals surface area contributed by atoms with E-state index in [2.05, 4.69) is 6.92 Å². The van der Waals surface area contributed by atoms with E-state index in [-0.39, 0.29) is 23.4 Å². The molecule has 1 unspecified atom stereocenters. The van der Waals surface area contributed by atoms with Gasteiger partial charge in [0, 0.05) is 12.3 Å². The second-order valence-electron chi connectivity index (χ2n) is 8.45. The van der Waals surface area contributed by atoms with E-state index in [0.29, 0.717) is 23.7 Å². The van der Waals surface area contributed by atoms with Gasteiger partial charge in [0.15, 0.2) is 0 Å². The third kappa shape index (κ3) is 1.60. The molecule has 4 aliphatic carbocycles. The first kappa shape index (κ1) is 14.3. The van der Waals surface area contributed by atoms with Gasteiger partial charge >= 0.3 is 0 Å². The quantitative estimate of drug-likeness (QED) is 0.646. The maximum atomic E-state index is 12.7. The molecular weight excluding hydrogens is 276 g/mol. The molecule has 3 heteroatoms. The summed E-state index contributed by atoms with van der Waals surface area (Å²) in [6.45, 7) is 4.27. The van der Waals surface area contributed by atoms with Crippen molar-refractivity contribution in [1.82, 2.24) is 0 Å². The van der Waals surface area contributed by atoms with Crippen LogP contribution in [0.4, 0.5) is 0 Å². The number of carbonyl (C=O) groups is 3. The molecule has 4 aliphatic rings. The Labute approximate surface area is 131 Å². The Hall–Kier alpha value is -1.25. The Bertz CT molecular complexity index is 604. The Kier molecular flexibility index (Phi) is 2.87. The molecule has 118 valence electrons. The fourth-order valence-electron chi connectivity index (χ4n) is 6.38. The van der Waals surface area contributed by atoms with Gasteiger partial charge in [0.05, 0.1) is 5.41 Å². The minimum absolute atomic E-state index is 0.178. The number of allylic oxidation sites excluding steroid dienone is 2. The Balaban J connectivity index is 1.79. The van der Waals surface area contributed by atoms with E-state index >= 15 is 0 Å². The third-order valence-electron chi connectivity index (χ3n) is 7.57. The zero-order chi connectivity index (χ0) is 15.7. The van der Waals surface area contributed by atoms with Crippen molar-refractivity contribution in [2.24, 2.45) is 34.5 Å². The van der Waals surface area contributed by atoms with E-state index < -0.39 is 11.2 Å². The minimum Gasteiger partial charge on any atom is -0.299 e. The van der Waals surface area contributed by atoms with Crippen molar-refractivity contribution in [3.05, 3.63) is 12.2 Å². The normalized spacial score (nSPS) is 50.5. The molecule has 4 rings (SSSR count). The van der Waals surface area contributed by atoms with E-state index in [1.54, 1.807) is 6.08 Å². The predicted molar refractivity (Wildman–Crippen MR) is 82.0 cm³/mol.